The molecular weight excluding hydrogens is 284 g/mol. The predicted molar refractivity (Wildman–Crippen MR) is 92.9 cm³/mol. The molecule has 2 N–H and O–H groups in total. The van der Waals surface area contributed by atoms with E-state index in [1.807, 2.05) is 6.92 Å². The van der Waals surface area contributed by atoms with Gasteiger partial charge in [-0.25, -0.2) is 0 Å². The molecule has 0 radical (unpaired) electrons. The zero-order valence-electron chi connectivity index (χ0n) is 15.1. The summed E-state index contributed by atoms with van der Waals surface area (Å²) in [6.45, 7) is 6.98. The number of fused-ring (bicyclic) bond motifs is 5. The highest BCUT2D eigenvalue weighted by molar-refractivity contribution is 5.25. The van der Waals surface area contributed by atoms with Crippen LogP contribution in [-0.2, 0) is 0 Å². The van der Waals surface area contributed by atoms with E-state index < -0.39 is 0 Å². The molecule has 2 nitrogen and oxygen atoms in total. The SMILES string of the molecule is C[C@@H](O)[C@H]1CCC2C3CC=C4C[C@@H](O)CC[C@]4(C)C3CC[C@@]21C. The third-order valence-corrected chi connectivity index (χ3v) is 8.73. The maximum atomic E-state index is 10.3. The second-order valence-electron chi connectivity index (χ2n) is 9.62. The van der Waals surface area contributed by atoms with E-state index in [0.29, 0.717) is 16.7 Å². The monoisotopic (exact) mass is 318 g/mol. The van der Waals surface area contributed by atoms with E-state index in [1.165, 1.54) is 38.5 Å². The molecule has 4 aliphatic rings. The molecule has 3 saturated carbocycles. The topological polar surface area (TPSA) is 40.5 Å². The largest absolute Gasteiger partial charge is 0.393 e. The first kappa shape index (κ1) is 16.1. The minimum atomic E-state index is -0.156. The lowest BCUT2D eigenvalue weighted by molar-refractivity contribution is -0.0675. The number of allylic oxidation sites excluding steroid dienone is 1. The Morgan fingerprint density at radius 1 is 1.09 bits per heavy atom. The van der Waals surface area contributed by atoms with Gasteiger partial charge in [-0.3, -0.25) is 0 Å². The van der Waals surface area contributed by atoms with Crippen molar-refractivity contribution in [2.24, 2.45) is 34.5 Å². The van der Waals surface area contributed by atoms with Crippen LogP contribution >= 0.6 is 0 Å². The Kier molecular flexibility index (Phi) is 3.74. The number of aliphatic hydroxyl groups is 2. The predicted octanol–water partition coefficient (Wildman–Crippen LogP) is 4.31. The summed E-state index contributed by atoms with van der Waals surface area (Å²) in [5, 5.41) is 20.4. The molecule has 2 heteroatoms. The molecule has 0 aromatic rings. The molecular formula is C21H34O2. The summed E-state index contributed by atoms with van der Waals surface area (Å²) in [5.41, 5.74) is 2.25. The quantitative estimate of drug-likeness (QED) is 0.707. The van der Waals surface area contributed by atoms with Crippen molar-refractivity contribution in [2.45, 2.75) is 84.3 Å². The zero-order chi connectivity index (χ0) is 16.4. The van der Waals surface area contributed by atoms with Gasteiger partial charge >= 0.3 is 0 Å². The molecule has 4 rings (SSSR count). The lowest BCUT2D eigenvalue weighted by Crippen LogP contribution is -2.51. The van der Waals surface area contributed by atoms with Gasteiger partial charge in [-0.2, -0.15) is 0 Å². The highest BCUT2D eigenvalue weighted by Gasteiger charge is 2.59. The van der Waals surface area contributed by atoms with Crippen LogP contribution in [0.2, 0.25) is 0 Å². The van der Waals surface area contributed by atoms with E-state index in [0.717, 1.165) is 30.6 Å². The van der Waals surface area contributed by atoms with Crippen molar-refractivity contribution in [3.05, 3.63) is 11.6 Å². The first-order chi connectivity index (χ1) is 10.9. The van der Waals surface area contributed by atoms with Crippen molar-refractivity contribution in [3.8, 4) is 0 Å². The minimum absolute atomic E-state index is 0.106. The van der Waals surface area contributed by atoms with Crippen molar-refractivity contribution in [1.29, 1.82) is 0 Å². The van der Waals surface area contributed by atoms with E-state index in [1.54, 1.807) is 5.57 Å². The lowest BCUT2D eigenvalue weighted by atomic mass is 9.47. The number of aliphatic hydroxyl groups excluding tert-OH is 2. The summed E-state index contributed by atoms with van der Waals surface area (Å²) in [6.07, 6.45) is 11.7. The summed E-state index contributed by atoms with van der Waals surface area (Å²) in [5.74, 6) is 2.91. The van der Waals surface area contributed by atoms with Gasteiger partial charge in [0.15, 0.2) is 0 Å². The normalized spacial score (nSPS) is 53.8. The fourth-order valence-electron chi connectivity index (χ4n) is 7.47. The van der Waals surface area contributed by atoms with E-state index >= 15 is 0 Å². The van der Waals surface area contributed by atoms with Crippen LogP contribution in [0.4, 0.5) is 0 Å². The first-order valence-electron chi connectivity index (χ1n) is 9.92. The van der Waals surface area contributed by atoms with Crippen LogP contribution in [0.25, 0.3) is 0 Å². The Morgan fingerprint density at radius 2 is 1.87 bits per heavy atom. The van der Waals surface area contributed by atoms with Crippen molar-refractivity contribution >= 4 is 0 Å². The van der Waals surface area contributed by atoms with Crippen LogP contribution in [0.5, 0.6) is 0 Å². The summed E-state index contributed by atoms with van der Waals surface area (Å²) in [7, 11) is 0. The van der Waals surface area contributed by atoms with Gasteiger partial charge in [0.2, 0.25) is 0 Å². The average molecular weight is 319 g/mol. The number of hydrogen-bond donors (Lipinski definition) is 2. The molecule has 23 heavy (non-hydrogen) atoms. The molecule has 0 saturated heterocycles. The Labute approximate surface area is 141 Å². The standard InChI is InChI=1S/C21H34O2/c1-13(22)17-6-7-18-16-5-4-14-12-15(23)8-10-20(14,2)19(16)9-11-21(17,18)3/h4,13,15-19,22-23H,5-12H2,1-3H3/t13-,15+,16?,17-,18?,19?,20+,21-/m1/s1. The van der Waals surface area contributed by atoms with Gasteiger partial charge in [0, 0.05) is 0 Å². The second kappa shape index (κ2) is 5.33. The lowest BCUT2D eigenvalue weighted by Gasteiger charge is -2.58. The van der Waals surface area contributed by atoms with Gasteiger partial charge in [0.05, 0.1) is 12.2 Å². The van der Waals surface area contributed by atoms with Crippen LogP contribution in [0.1, 0.15) is 72.1 Å². The summed E-state index contributed by atoms with van der Waals surface area (Å²) < 4.78 is 0. The van der Waals surface area contributed by atoms with Crippen molar-refractivity contribution < 1.29 is 10.2 Å². The van der Waals surface area contributed by atoms with E-state index in [2.05, 4.69) is 19.9 Å². The van der Waals surface area contributed by atoms with Gasteiger partial charge in [0.25, 0.3) is 0 Å². The Morgan fingerprint density at radius 3 is 2.61 bits per heavy atom. The smallest absolute Gasteiger partial charge is 0.0577 e. The van der Waals surface area contributed by atoms with Crippen LogP contribution in [0.15, 0.2) is 11.6 Å². The van der Waals surface area contributed by atoms with Gasteiger partial charge in [-0.1, -0.05) is 25.5 Å². The number of hydrogen-bond acceptors (Lipinski definition) is 2. The maximum Gasteiger partial charge on any atom is 0.0577 e. The van der Waals surface area contributed by atoms with E-state index in [9.17, 15) is 10.2 Å². The third-order valence-electron chi connectivity index (χ3n) is 8.73. The molecule has 3 fully saturated rings. The fourth-order valence-corrected chi connectivity index (χ4v) is 7.47. The molecule has 0 aromatic carbocycles. The fraction of sp³-hybridized carbons (Fsp3) is 0.905. The van der Waals surface area contributed by atoms with Gasteiger partial charge < -0.3 is 10.2 Å². The van der Waals surface area contributed by atoms with Gasteiger partial charge in [-0.15, -0.1) is 0 Å². The Bertz CT molecular complexity index is 510. The molecule has 0 aliphatic heterocycles. The third kappa shape index (κ3) is 2.20. The van der Waals surface area contributed by atoms with E-state index in [-0.39, 0.29) is 12.2 Å². The van der Waals surface area contributed by atoms with Crippen molar-refractivity contribution in [1.82, 2.24) is 0 Å². The number of rotatable bonds is 1. The second-order valence-corrected chi connectivity index (χ2v) is 9.62. The molecule has 130 valence electrons. The van der Waals surface area contributed by atoms with Crippen LogP contribution in [0, 0.1) is 34.5 Å². The van der Waals surface area contributed by atoms with E-state index in [4.69, 9.17) is 0 Å². The maximum absolute atomic E-state index is 10.3. The highest BCUT2D eigenvalue weighted by atomic mass is 16.3. The molecule has 0 heterocycles. The highest BCUT2D eigenvalue weighted by Crippen LogP contribution is 2.66. The Hall–Kier alpha value is -0.340. The average Bonchev–Trinajstić information content (AvgIpc) is 2.85. The van der Waals surface area contributed by atoms with Gasteiger partial charge in [0.1, 0.15) is 0 Å². The summed E-state index contributed by atoms with van der Waals surface area (Å²) >= 11 is 0. The van der Waals surface area contributed by atoms with Crippen LogP contribution in [0.3, 0.4) is 0 Å². The summed E-state index contributed by atoms with van der Waals surface area (Å²) in [4.78, 5) is 0. The van der Waals surface area contributed by atoms with Gasteiger partial charge in [-0.05, 0) is 92.8 Å². The molecule has 0 bridgehead atoms. The van der Waals surface area contributed by atoms with Crippen LogP contribution < -0.4 is 0 Å². The Balaban J connectivity index is 1.65. The van der Waals surface area contributed by atoms with Crippen LogP contribution in [-0.4, -0.2) is 22.4 Å². The summed E-state index contributed by atoms with van der Waals surface area (Å²) in [6, 6.07) is 0. The minimum Gasteiger partial charge on any atom is -0.393 e. The van der Waals surface area contributed by atoms with Crippen molar-refractivity contribution in [2.75, 3.05) is 0 Å². The molecule has 3 unspecified atom stereocenters. The molecule has 0 spiro atoms. The van der Waals surface area contributed by atoms with Crippen molar-refractivity contribution in [3.63, 3.8) is 0 Å². The molecule has 8 atom stereocenters. The zero-order valence-corrected chi connectivity index (χ0v) is 15.1. The molecule has 0 amide bonds. The first-order valence-corrected chi connectivity index (χ1v) is 9.92. The molecule has 4 aliphatic carbocycles. The molecule has 0 aromatic heterocycles.